The molecule has 0 saturated carbocycles. The summed E-state index contributed by atoms with van der Waals surface area (Å²) in [5.41, 5.74) is 0.935. The van der Waals surface area contributed by atoms with Gasteiger partial charge >= 0.3 is 5.97 Å². The van der Waals surface area contributed by atoms with Crippen LogP contribution in [0.1, 0.15) is 9.67 Å². The molecule has 0 radical (unpaired) electrons. The van der Waals surface area contributed by atoms with Gasteiger partial charge in [-0.1, -0.05) is 23.7 Å². The van der Waals surface area contributed by atoms with Gasteiger partial charge < -0.3 is 4.74 Å². The zero-order chi connectivity index (χ0) is 11.5. The van der Waals surface area contributed by atoms with Gasteiger partial charge in [0, 0.05) is 10.6 Å². The molecule has 0 aliphatic heterocycles. The van der Waals surface area contributed by atoms with Crippen LogP contribution in [0.25, 0.3) is 10.6 Å². The molecule has 82 valence electrons. The van der Waals surface area contributed by atoms with E-state index in [0.29, 0.717) is 9.90 Å². The smallest absolute Gasteiger partial charge is 0.349 e. The molecule has 0 bridgehead atoms. The number of thiazole rings is 1. The largest absolute Gasteiger partial charge is 0.465 e. The Morgan fingerprint density at radius 1 is 1.38 bits per heavy atom. The highest BCUT2D eigenvalue weighted by Gasteiger charge is 2.11. The number of methoxy groups -OCH3 is 1. The molecule has 0 spiro atoms. The van der Waals surface area contributed by atoms with E-state index in [1.807, 2.05) is 12.1 Å². The minimum Gasteiger partial charge on any atom is -0.465 e. The van der Waals surface area contributed by atoms with Crippen molar-refractivity contribution >= 4 is 28.9 Å². The van der Waals surface area contributed by atoms with Crippen molar-refractivity contribution in [3.05, 3.63) is 40.4 Å². The lowest BCUT2D eigenvalue weighted by Crippen LogP contribution is -1.96. The molecule has 3 nitrogen and oxygen atoms in total. The number of aromatic nitrogens is 1. The van der Waals surface area contributed by atoms with E-state index in [9.17, 15) is 4.79 Å². The van der Waals surface area contributed by atoms with Gasteiger partial charge in [-0.05, 0) is 12.1 Å². The third kappa shape index (κ3) is 2.23. The van der Waals surface area contributed by atoms with Crippen LogP contribution < -0.4 is 0 Å². The fourth-order valence-electron chi connectivity index (χ4n) is 1.20. The molecule has 2 aromatic rings. The minimum absolute atomic E-state index is 0.363. The highest BCUT2D eigenvalue weighted by molar-refractivity contribution is 7.16. The van der Waals surface area contributed by atoms with Crippen molar-refractivity contribution in [1.82, 2.24) is 4.98 Å². The third-order valence-corrected chi connectivity index (χ3v) is 3.26. The Labute approximate surface area is 102 Å². The van der Waals surface area contributed by atoms with Gasteiger partial charge in [0.25, 0.3) is 0 Å². The van der Waals surface area contributed by atoms with Gasteiger partial charge in [0.2, 0.25) is 0 Å². The van der Waals surface area contributed by atoms with E-state index in [1.54, 1.807) is 12.1 Å². The summed E-state index contributed by atoms with van der Waals surface area (Å²) >= 11 is 7.08. The van der Waals surface area contributed by atoms with Gasteiger partial charge in [-0.2, -0.15) is 0 Å². The average Bonchev–Trinajstić information content (AvgIpc) is 2.78. The van der Waals surface area contributed by atoms with Crippen LogP contribution in [-0.2, 0) is 4.74 Å². The molecule has 1 aromatic heterocycles. The summed E-state index contributed by atoms with van der Waals surface area (Å²) in [6, 6.07) is 7.30. The molecule has 16 heavy (non-hydrogen) atoms. The lowest BCUT2D eigenvalue weighted by Gasteiger charge is -1.95. The normalized spacial score (nSPS) is 10.1. The number of rotatable bonds is 2. The number of hydrogen-bond acceptors (Lipinski definition) is 4. The summed E-state index contributed by atoms with van der Waals surface area (Å²) in [4.78, 5) is 15.9. The maximum atomic E-state index is 11.2. The fraction of sp³-hybridized carbons (Fsp3) is 0.0909. The molecular weight excluding hydrogens is 246 g/mol. The van der Waals surface area contributed by atoms with E-state index < -0.39 is 0 Å². The van der Waals surface area contributed by atoms with E-state index in [1.165, 1.54) is 24.6 Å². The first kappa shape index (κ1) is 11.1. The molecule has 0 aliphatic rings. The molecule has 0 amide bonds. The maximum Gasteiger partial charge on any atom is 0.349 e. The molecular formula is C11H8ClNO2S. The Bertz CT molecular complexity index is 507. The Kier molecular flexibility index (Phi) is 3.22. The second kappa shape index (κ2) is 4.63. The van der Waals surface area contributed by atoms with Crippen molar-refractivity contribution < 1.29 is 9.53 Å². The van der Waals surface area contributed by atoms with Crippen LogP contribution in [0.2, 0.25) is 5.02 Å². The first-order valence-electron chi connectivity index (χ1n) is 4.51. The number of halogens is 1. The lowest BCUT2D eigenvalue weighted by molar-refractivity contribution is 0.0606. The van der Waals surface area contributed by atoms with Crippen LogP contribution in [0.3, 0.4) is 0 Å². The molecule has 0 N–H and O–H groups in total. The predicted molar refractivity (Wildman–Crippen MR) is 63.9 cm³/mol. The average molecular weight is 254 g/mol. The number of hydrogen-bond donors (Lipinski definition) is 0. The number of esters is 1. The third-order valence-electron chi connectivity index (χ3n) is 1.98. The van der Waals surface area contributed by atoms with Gasteiger partial charge in [0.1, 0.15) is 9.88 Å². The number of benzene rings is 1. The summed E-state index contributed by atoms with van der Waals surface area (Å²) in [5, 5.41) is 1.45. The number of ether oxygens (including phenoxy) is 1. The zero-order valence-corrected chi connectivity index (χ0v) is 10.0. The van der Waals surface area contributed by atoms with Crippen molar-refractivity contribution in [2.24, 2.45) is 0 Å². The standard InChI is InChI=1S/C11H8ClNO2S/c1-15-11(14)9-6-13-10(16-9)7-2-4-8(12)5-3-7/h2-6H,1H3. The van der Waals surface area contributed by atoms with Gasteiger partial charge in [-0.15, -0.1) is 11.3 Å². The van der Waals surface area contributed by atoms with Crippen LogP contribution in [-0.4, -0.2) is 18.1 Å². The lowest BCUT2D eigenvalue weighted by atomic mass is 10.2. The topological polar surface area (TPSA) is 39.2 Å². The first-order chi connectivity index (χ1) is 7.70. The Hall–Kier alpha value is -1.39. The van der Waals surface area contributed by atoms with Crippen molar-refractivity contribution in [2.75, 3.05) is 7.11 Å². The molecule has 0 unspecified atom stereocenters. The SMILES string of the molecule is COC(=O)c1cnc(-c2ccc(Cl)cc2)s1. The van der Waals surface area contributed by atoms with Crippen LogP contribution in [0, 0.1) is 0 Å². The van der Waals surface area contributed by atoms with Crippen LogP contribution >= 0.6 is 22.9 Å². The second-order valence-electron chi connectivity index (χ2n) is 3.03. The van der Waals surface area contributed by atoms with Crippen LogP contribution in [0.5, 0.6) is 0 Å². The maximum absolute atomic E-state index is 11.2. The van der Waals surface area contributed by atoms with Crippen molar-refractivity contribution in [3.8, 4) is 10.6 Å². The van der Waals surface area contributed by atoms with Crippen molar-refractivity contribution in [2.45, 2.75) is 0 Å². The Morgan fingerprint density at radius 2 is 2.06 bits per heavy atom. The molecule has 0 atom stereocenters. The van der Waals surface area contributed by atoms with Gasteiger partial charge in [-0.25, -0.2) is 9.78 Å². The minimum atomic E-state index is -0.363. The van der Waals surface area contributed by atoms with E-state index in [0.717, 1.165) is 10.6 Å². The number of carbonyl (C=O) groups is 1. The highest BCUT2D eigenvalue weighted by Crippen LogP contribution is 2.26. The molecule has 2 rings (SSSR count). The zero-order valence-electron chi connectivity index (χ0n) is 8.44. The van der Waals surface area contributed by atoms with E-state index in [2.05, 4.69) is 9.72 Å². The van der Waals surface area contributed by atoms with Gasteiger partial charge in [-0.3, -0.25) is 0 Å². The summed E-state index contributed by atoms with van der Waals surface area (Å²) in [7, 11) is 1.35. The Morgan fingerprint density at radius 3 is 2.69 bits per heavy atom. The van der Waals surface area contributed by atoms with Crippen molar-refractivity contribution in [1.29, 1.82) is 0 Å². The summed E-state index contributed by atoms with van der Waals surface area (Å²) in [5.74, 6) is -0.363. The predicted octanol–water partition coefficient (Wildman–Crippen LogP) is 3.25. The summed E-state index contributed by atoms with van der Waals surface area (Å²) in [6.07, 6.45) is 1.51. The van der Waals surface area contributed by atoms with Gasteiger partial charge in [0.05, 0.1) is 13.3 Å². The van der Waals surface area contributed by atoms with Crippen molar-refractivity contribution in [3.63, 3.8) is 0 Å². The first-order valence-corrected chi connectivity index (χ1v) is 5.70. The summed E-state index contributed by atoms with van der Waals surface area (Å²) in [6.45, 7) is 0. The van der Waals surface area contributed by atoms with E-state index >= 15 is 0 Å². The molecule has 0 saturated heterocycles. The quantitative estimate of drug-likeness (QED) is 0.772. The monoisotopic (exact) mass is 253 g/mol. The number of nitrogens with zero attached hydrogens (tertiary/aromatic N) is 1. The van der Waals surface area contributed by atoms with Gasteiger partial charge in [0.15, 0.2) is 0 Å². The molecule has 1 aromatic carbocycles. The second-order valence-corrected chi connectivity index (χ2v) is 4.50. The number of carbonyl (C=O) groups excluding carboxylic acids is 1. The van der Waals surface area contributed by atoms with Crippen LogP contribution in [0.4, 0.5) is 0 Å². The molecule has 0 aliphatic carbocycles. The molecule has 1 heterocycles. The summed E-state index contributed by atoms with van der Waals surface area (Å²) < 4.78 is 4.61. The Balaban J connectivity index is 2.31. The van der Waals surface area contributed by atoms with E-state index in [-0.39, 0.29) is 5.97 Å². The van der Waals surface area contributed by atoms with E-state index in [4.69, 9.17) is 11.6 Å². The molecule has 0 fully saturated rings. The van der Waals surface area contributed by atoms with Crippen LogP contribution in [0.15, 0.2) is 30.5 Å². The molecule has 5 heteroatoms. The highest BCUT2D eigenvalue weighted by atomic mass is 35.5. The fourth-order valence-corrected chi connectivity index (χ4v) is 2.16.